The minimum atomic E-state index is 0.0621. The second-order valence-corrected chi connectivity index (χ2v) is 7.01. The lowest BCUT2D eigenvalue weighted by Crippen LogP contribution is -2.15. The zero-order valence-electron chi connectivity index (χ0n) is 16.3. The molecule has 0 aliphatic carbocycles. The van der Waals surface area contributed by atoms with Crippen molar-refractivity contribution in [2.75, 3.05) is 0 Å². The van der Waals surface area contributed by atoms with Gasteiger partial charge in [-0.2, -0.15) is 0 Å². The maximum absolute atomic E-state index is 10.3. The fourth-order valence-corrected chi connectivity index (χ4v) is 3.17. The average molecular weight is 370 g/mol. The molecule has 0 saturated heterocycles. The molecular weight excluding hydrogens is 344 g/mol. The van der Waals surface area contributed by atoms with E-state index in [4.69, 9.17) is 5.73 Å². The first kappa shape index (κ1) is 19.6. The van der Waals surface area contributed by atoms with Crippen molar-refractivity contribution >= 4 is 28.0 Å². The molecule has 3 heteroatoms. The van der Waals surface area contributed by atoms with Crippen molar-refractivity contribution in [3.8, 4) is 0 Å². The van der Waals surface area contributed by atoms with Crippen LogP contribution >= 0.6 is 0 Å². The maximum Gasteiger partial charge on any atom is 0.207 e. The Labute approximate surface area is 166 Å². The first-order valence-corrected chi connectivity index (χ1v) is 9.51. The number of amides is 1. The summed E-state index contributed by atoms with van der Waals surface area (Å²) in [5.74, 6) is 0. The van der Waals surface area contributed by atoms with Gasteiger partial charge in [0.25, 0.3) is 0 Å². The molecule has 3 nitrogen and oxygen atoms in total. The van der Waals surface area contributed by atoms with Crippen LogP contribution in [0.4, 0.5) is 0 Å². The van der Waals surface area contributed by atoms with E-state index in [0.717, 1.165) is 12.0 Å². The molecule has 0 aromatic heterocycles. The van der Waals surface area contributed by atoms with E-state index in [9.17, 15) is 4.79 Å². The summed E-state index contributed by atoms with van der Waals surface area (Å²) in [4.78, 5) is 10.3. The van der Waals surface area contributed by atoms with E-state index in [2.05, 4.69) is 59.9 Å². The Bertz CT molecular complexity index is 1070. The van der Waals surface area contributed by atoms with Crippen molar-refractivity contribution < 1.29 is 4.79 Å². The van der Waals surface area contributed by atoms with Crippen LogP contribution in [-0.4, -0.2) is 6.41 Å². The number of nitrogens with two attached hydrogens (primary N) is 1. The minimum absolute atomic E-state index is 0.0621. The summed E-state index contributed by atoms with van der Waals surface area (Å²) in [6.45, 7) is 3.97. The first-order chi connectivity index (χ1) is 13.6. The van der Waals surface area contributed by atoms with Gasteiger partial charge >= 0.3 is 0 Å². The molecule has 0 fully saturated rings. The summed E-state index contributed by atoms with van der Waals surface area (Å²) >= 11 is 0. The van der Waals surface area contributed by atoms with Crippen LogP contribution in [0, 0.1) is 0 Å². The summed E-state index contributed by atoms with van der Waals surface area (Å²) in [6.07, 6.45) is 0.736. The molecule has 4 aromatic carbocycles. The van der Waals surface area contributed by atoms with Crippen LogP contribution in [0.2, 0.25) is 0 Å². The topological polar surface area (TPSA) is 55.1 Å². The van der Waals surface area contributed by atoms with Crippen LogP contribution in [0.3, 0.4) is 0 Å². The smallest absolute Gasteiger partial charge is 0.207 e. The van der Waals surface area contributed by atoms with Gasteiger partial charge in [-0.25, -0.2) is 0 Å². The Hall–Kier alpha value is -3.17. The van der Waals surface area contributed by atoms with Crippen LogP contribution < -0.4 is 11.1 Å². The summed E-state index contributed by atoms with van der Waals surface area (Å²) < 4.78 is 0. The van der Waals surface area contributed by atoms with Crippen LogP contribution in [0.25, 0.3) is 21.5 Å². The predicted molar refractivity (Wildman–Crippen MR) is 118 cm³/mol. The standard InChI is InChI=1S/C13H13NO.C12H13N/c1-10(14-9-15)12-7-6-11-4-2-3-5-13(11)8-12;1-9(13)11-7-6-10-4-2-3-5-12(10)8-11/h2-10H,1H3,(H,14,15);2-9H,13H2,1H3. The third kappa shape index (κ3) is 4.76. The molecular formula is C25H26N2O. The quantitative estimate of drug-likeness (QED) is 0.466. The van der Waals surface area contributed by atoms with Gasteiger partial charge in [-0.1, -0.05) is 72.8 Å². The van der Waals surface area contributed by atoms with Gasteiger partial charge in [0, 0.05) is 6.04 Å². The highest BCUT2D eigenvalue weighted by atomic mass is 16.1. The SMILES string of the molecule is CC(N)c1ccc2ccccc2c1.CC(NC=O)c1ccc2ccccc2c1. The summed E-state index contributed by atoms with van der Waals surface area (Å²) in [5.41, 5.74) is 8.12. The number of carbonyl (C=O) groups is 1. The van der Waals surface area contributed by atoms with Gasteiger partial charge in [0.2, 0.25) is 6.41 Å². The van der Waals surface area contributed by atoms with E-state index in [0.29, 0.717) is 0 Å². The Morgan fingerprint density at radius 2 is 1.18 bits per heavy atom. The highest BCUT2D eigenvalue weighted by Gasteiger charge is 2.03. The van der Waals surface area contributed by atoms with Crippen LogP contribution in [-0.2, 0) is 4.79 Å². The van der Waals surface area contributed by atoms with E-state index in [1.54, 1.807) is 0 Å². The molecule has 0 aliphatic heterocycles. The predicted octanol–water partition coefficient (Wildman–Crippen LogP) is 5.51. The minimum Gasteiger partial charge on any atom is -0.352 e. The van der Waals surface area contributed by atoms with Crippen LogP contribution in [0.5, 0.6) is 0 Å². The normalized spacial score (nSPS) is 12.7. The van der Waals surface area contributed by atoms with Crippen molar-refractivity contribution in [2.24, 2.45) is 5.73 Å². The van der Waals surface area contributed by atoms with Crippen molar-refractivity contribution in [3.63, 3.8) is 0 Å². The third-order valence-electron chi connectivity index (χ3n) is 4.89. The highest BCUT2D eigenvalue weighted by molar-refractivity contribution is 5.83. The van der Waals surface area contributed by atoms with Crippen molar-refractivity contribution in [1.82, 2.24) is 5.32 Å². The Morgan fingerprint density at radius 1 is 0.714 bits per heavy atom. The van der Waals surface area contributed by atoms with E-state index in [1.807, 2.05) is 44.2 Å². The summed E-state index contributed by atoms with van der Waals surface area (Å²) in [7, 11) is 0. The zero-order chi connectivity index (χ0) is 19.9. The lowest BCUT2D eigenvalue weighted by Gasteiger charge is -2.11. The second kappa shape index (κ2) is 9.16. The number of benzene rings is 4. The number of rotatable bonds is 4. The molecule has 0 radical (unpaired) electrons. The molecule has 0 saturated carbocycles. The van der Waals surface area contributed by atoms with Crippen molar-refractivity contribution in [3.05, 3.63) is 96.1 Å². The van der Waals surface area contributed by atoms with Crippen molar-refractivity contribution in [1.29, 1.82) is 0 Å². The van der Waals surface area contributed by atoms with Crippen LogP contribution in [0.1, 0.15) is 37.1 Å². The summed E-state index contributed by atoms with van der Waals surface area (Å²) in [5, 5.41) is 7.70. The lowest BCUT2D eigenvalue weighted by atomic mass is 10.0. The number of hydrogen-bond donors (Lipinski definition) is 2. The lowest BCUT2D eigenvalue weighted by molar-refractivity contribution is -0.110. The van der Waals surface area contributed by atoms with Gasteiger partial charge in [0.1, 0.15) is 0 Å². The zero-order valence-corrected chi connectivity index (χ0v) is 16.3. The fraction of sp³-hybridized carbons (Fsp3) is 0.160. The fourth-order valence-electron chi connectivity index (χ4n) is 3.17. The number of carbonyl (C=O) groups excluding carboxylic acids is 1. The number of hydrogen-bond acceptors (Lipinski definition) is 2. The summed E-state index contributed by atoms with van der Waals surface area (Å²) in [6, 6.07) is 29.3. The van der Waals surface area contributed by atoms with E-state index >= 15 is 0 Å². The average Bonchev–Trinajstić information content (AvgIpc) is 2.73. The van der Waals surface area contributed by atoms with E-state index < -0.39 is 0 Å². The number of fused-ring (bicyclic) bond motifs is 2. The first-order valence-electron chi connectivity index (χ1n) is 9.51. The molecule has 0 bridgehead atoms. The van der Waals surface area contributed by atoms with Crippen molar-refractivity contribution in [2.45, 2.75) is 25.9 Å². The molecule has 3 N–H and O–H groups in total. The van der Waals surface area contributed by atoms with Crippen LogP contribution in [0.15, 0.2) is 84.9 Å². The Morgan fingerprint density at radius 3 is 1.68 bits per heavy atom. The van der Waals surface area contributed by atoms with Gasteiger partial charge in [0.05, 0.1) is 6.04 Å². The van der Waals surface area contributed by atoms with Gasteiger partial charge in [-0.05, 0) is 58.7 Å². The molecule has 4 aromatic rings. The second-order valence-electron chi connectivity index (χ2n) is 7.01. The van der Waals surface area contributed by atoms with E-state index in [1.165, 1.54) is 27.1 Å². The van der Waals surface area contributed by atoms with Gasteiger partial charge < -0.3 is 11.1 Å². The van der Waals surface area contributed by atoms with Gasteiger partial charge in [-0.15, -0.1) is 0 Å². The molecule has 0 aliphatic rings. The molecule has 4 rings (SSSR count). The van der Waals surface area contributed by atoms with E-state index in [-0.39, 0.29) is 12.1 Å². The molecule has 2 unspecified atom stereocenters. The third-order valence-corrected chi connectivity index (χ3v) is 4.89. The monoisotopic (exact) mass is 370 g/mol. The molecule has 28 heavy (non-hydrogen) atoms. The molecule has 0 heterocycles. The molecule has 142 valence electrons. The number of nitrogens with one attached hydrogen (secondary N) is 1. The molecule has 0 spiro atoms. The maximum atomic E-state index is 10.3. The highest BCUT2D eigenvalue weighted by Crippen LogP contribution is 2.20. The Balaban J connectivity index is 0.000000162. The largest absolute Gasteiger partial charge is 0.352 e. The van der Waals surface area contributed by atoms with Gasteiger partial charge in [-0.3, -0.25) is 4.79 Å². The Kier molecular flexibility index (Phi) is 6.41. The molecule has 2 atom stereocenters. The molecule has 1 amide bonds. The van der Waals surface area contributed by atoms with Gasteiger partial charge in [0.15, 0.2) is 0 Å².